The molecule has 2 aliphatic heterocycles. The highest BCUT2D eigenvalue weighted by atomic mass is 16.3. The van der Waals surface area contributed by atoms with E-state index >= 15 is 0 Å². The van der Waals surface area contributed by atoms with E-state index in [1.54, 1.807) is 0 Å². The summed E-state index contributed by atoms with van der Waals surface area (Å²) in [7, 11) is 0. The van der Waals surface area contributed by atoms with Crippen molar-refractivity contribution in [3.8, 4) is 0 Å². The molecule has 4 nitrogen and oxygen atoms in total. The van der Waals surface area contributed by atoms with Crippen molar-refractivity contribution < 1.29 is 8.83 Å². The van der Waals surface area contributed by atoms with Gasteiger partial charge in [0.15, 0.2) is 0 Å². The van der Waals surface area contributed by atoms with Crippen LogP contribution in [0.1, 0.15) is 27.8 Å². The second kappa shape index (κ2) is 10.4. The summed E-state index contributed by atoms with van der Waals surface area (Å²) >= 11 is 0. The average molecular weight is 671 g/mol. The molecule has 7 aromatic carbocycles. The number of anilines is 6. The summed E-state index contributed by atoms with van der Waals surface area (Å²) < 4.78 is 13.2. The monoisotopic (exact) mass is 670 g/mol. The smallest absolute Gasteiger partial charge is 0.247 e. The van der Waals surface area contributed by atoms with E-state index in [0.29, 0.717) is 0 Å². The second-order valence-corrected chi connectivity index (χ2v) is 14.9. The molecular weight excluding hydrogens is 635 g/mol. The van der Waals surface area contributed by atoms with Gasteiger partial charge in [0.2, 0.25) is 6.71 Å². The molecule has 0 unspecified atom stereocenters. The van der Waals surface area contributed by atoms with Crippen molar-refractivity contribution in [2.24, 2.45) is 0 Å². The van der Waals surface area contributed by atoms with Crippen molar-refractivity contribution in [3.63, 3.8) is 0 Å². The lowest BCUT2D eigenvalue weighted by molar-refractivity contribution is 0.668. The van der Waals surface area contributed by atoms with E-state index in [4.69, 9.17) is 8.83 Å². The van der Waals surface area contributed by atoms with Gasteiger partial charge in [-0.05, 0) is 105 Å². The van der Waals surface area contributed by atoms with Crippen molar-refractivity contribution >= 4 is 101 Å². The van der Waals surface area contributed by atoms with Gasteiger partial charge in [-0.15, -0.1) is 0 Å². The molecule has 0 bridgehead atoms. The van der Waals surface area contributed by atoms with Gasteiger partial charge in [-0.2, -0.15) is 0 Å². The largest absolute Gasteiger partial charge is 0.456 e. The van der Waals surface area contributed by atoms with Crippen LogP contribution in [0.25, 0.3) is 43.9 Å². The lowest BCUT2D eigenvalue weighted by Gasteiger charge is -2.46. The zero-order valence-corrected chi connectivity index (χ0v) is 29.8. The minimum Gasteiger partial charge on any atom is -0.456 e. The van der Waals surface area contributed by atoms with Gasteiger partial charge in [-0.1, -0.05) is 94.9 Å². The van der Waals surface area contributed by atoms with Crippen LogP contribution in [0, 0.1) is 34.6 Å². The van der Waals surface area contributed by atoms with Gasteiger partial charge in [0.25, 0.3) is 0 Å². The molecular formula is C47H35BN2O2. The number of nitrogens with zero attached hydrogens (tertiary/aromatic N) is 2. The van der Waals surface area contributed by atoms with Gasteiger partial charge in [0.05, 0.1) is 44.9 Å². The Bertz CT molecular complexity index is 2980. The number of hydrogen-bond donors (Lipinski definition) is 0. The number of para-hydroxylation sites is 3. The number of aryl methyl sites for hydroxylation is 5. The Kier molecular flexibility index (Phi) is 5.92. The van der Waals surface area contributed by atoms with E-state index in [1.807, 2.05) is 0 Å². The fraction of sp³-hybridized carbons (Fsp3) is 0.106. The van der Waals surface area contributed by atoms with Gasteiger partial charge in [0.1, 0.15) is 22.3 Å². The zero-order chi connectivity index (χ0) is 35.0. The third-order valence-electron chi connectivity index (χ3n) is 11.4. The molecule has 52 heavy (non-hydrogen) atoms. The molecule has 0 fully saturated rings. The van der Waals surface area contributed by atoms with Crippen molar-refractivity contribution in [3.05, 3.63) is 149 Å². The molecule has 0 spiro atoms. The van der Waals surface area contributed by atoms with Crippen LogP contribution < -0.4 is 26.2 Å². The number of fused-ring (bicyclic) bond motifs is 11. The standard InChI is InChI=1S/C47H35BN2O2/c1-26-16-18-31-41(24-26)51-39-15-9-13-37(43(31)39)49-35-11-6-7-12-36(35)50-46-33(10-8-14-38(46)49)48(45-29(4)22-28(3)23-30(45)5)34-20-21-40-44(47(34)50)32-19-17-27(2)25-42(32)52-40/h6-25H,1-5H3. The van der Waals surface area contributed by atoms with Crippen LogP contribution in [0.5, 0.6) is 0 Å². The second-order valence-electron chi connectivity index (χ2n) is 14.9. The lowest BCUT2D eigenvalue weighted by atomic mass is 9.33. The van der Waals surface area contributed by atoms with Gasteiger partial charge in [0, 0.05) is 10.8 Å². The number of benzene rings is 7. The molecule has 5 heteroatoms. The molecule has 248 valence electrons. The highest BCUT2D eigenvalue weighted by Crippen LogP contribution is 2.57. The van der Waals surface area contributed by atoms with Gasteiger partial charge < -0.3 is 18.6 Å². The van der Waals surface area contributed by atoms with Crippen LogP contribution >= 0.6 is 0 Å². The quantitative estimate of drug-likeness (QED) is 0.171. The summed E-state index contributed by atoms with van der Waals surface area (Å²) in [5, 5.41) is 4.54. The third-order valence-corrected chi connectivity index (χ3v) is 11.4. The fourth-order valence-corrected chi connectivity index (χ4v) is 9.46. The van der Waals surface area contributed by atoms with Crippen molar-refractivity contribution in [2.75, 3.05) is 9.80 Å². The van der Waals surface area contributed by atoms with Crippen molar-refractivity contribution in [1.29, 1.82) is 0 Å². The Morgan fingerprint density at radius 1 is 0.423 bits per heavy atom. The van der Waals surface area contributed by atoms with Crippen LogP contribution in [0.4, 0.5) is 34.1 Å². The normalized spacial score (nSPS) is 13.4. The Hall–Kier alpha value is -6.20. The van der Waals surface area contributed by atoms with Gasteiger partial charge in [-0.25, -0.2) is 0 Å². The maximum atomic E-state index is 6.65. The third kappa shape index (κ3) is 3.88. The summed E-state index contributed by atoms with van der Waals surface area (Å²) in [6.07, 6.45) is 0. The van der Waals surface area contributed by atoms with Gasteiger partial charge >= 0.3 is 0 Å². The fourth-order valence-electron chi connectivity index (χ4n) is 9.46. The molecule has 0 radical (unpaired) electrons. The average Bonchev–Trinajstić information content (AvgIpc) is 3.69. The Morgan fingerprint density at radius 3 is 1.71 bits per heavy atom. The Labute approximate surface area is 302 Å². The van der Waals surface area contributed by atoms with Crippen molar-refractivity contribution in [1.82, 2.24) is 0 Å². The van der Waals surface area contributed by atoms with Crippen LogP contribution in [0.2, 0.25) is 0 Å². The van der Waals surface area contributed by atoms with E-state index in [1.165, 1.54) is 55.6 Å². The van der Waals surface area contributed by atoms with Crippen LogP contribution in [-0.4, -0.2) is 6.71 Å². The molecule has 9 aromatic rings. The first-order chi connectivity index (χ1) is 25.4. The molecule has 0 saturated carbocycles. The molecule has 0 atom stereocenters. The van der Waals surface area contributed by atoms with Gasteiger partial charge in [-0.3, -0.25) is 0 Å². The van der Waals surface area contributed by atoms with E-state index in [2.05, 4.69) is 166 Å². The summed E-state index contributed by atoms with van der Waals surface area (Å²) in [6.45, 7) is 11.0. The first-order valence-corrected chi connectivity index (χ1v) is 18.1. The topological polar surface area (TPSA) is 32.8 Å². The molecule has 0 amide bonds. The first-order valence-electron chi connectivity index (χ1n) is 18.1. The first kappa shape index (κ1) is 29.5. The van der Waals surface area contributed by atoms with E-state index < -0.39 is 0 Å². The summed E-state index contributed by atoms with van der Waals surface area (Å²) in [4.78, 5) is 5.00. The number of hydrogen-bond acceptors (Lipinski definition) is 4. The summed E-state index contributed by atoms with van der Waals surface area (Å²) in [5.74, 6) is 0. The highest BCUT2D eigenvalue weighted by Gasteiger charge is 2.44. The molecule has 2 aliphatic rings. The zero-order valence-electron chi connectivity index (χ0n) is 29.8. The lowest BCUT2D eigenvalue weighted by Crippen LogP contribution is -2.59. The predicted molar refractivity (Wildman–Crippen MR) is 219 cm³/mol. The number of furan rings is 2. The molecule has 11 rings (SSSR count). The number of rotatable bonds is 2. The Balaban J connectivity index is 1.29. The molecule has 0 N–H and O–H groups in total. The highest BCUT2D eigenvalue weighted by molar-refractivity contribution is 6.99. The molecule has 0 saturated heterocycles. The van der Waals surface area contributed by atoms with E-state index in [-0.39, 0.29) is 6.71 Å². The predicted octanol–water partition coefficient (Wildman–Crippen LogP) is 11.1. The minimum atomic E-state index is 0.0160. The summed E-state index contributed by atoms with van der Waals surface area (Å²) in [6, 6.07) is 44.5. The van der Waals surface area contributed by atoms with Crippen molar-refractivity contribution in [2.45, 2.75) is 34.6 Å². The molecule has 0 aliphatic carbocycles. The van der Waals surface area contributed by atoms with Crippen LogP contribution in [-0.2, 0) is 0 Å². The SMILES string of the molecule is Cc1cc(C)c(B2c3cccc4c3N(c3ccccc3N4c3cccc4oc5cc(C)ccc5c34)c3c2ccc2oc4cc(C)ccc4c32)c(C)c1. The maximum absolute atomic E-state index is 6.65. The van der Waals surface area contributed by atoms with Crippen LogP contribution in [0.15, 0.2) is 130 Å². The summed E-state index contributed by atoms with van der Waals surface area (Å²) in [5.41, 5.74) is 20.7. The molecule has 4 heterocycles. The van der Waals surface area contributed by atoms with E-state index in [0.717, 1.165) is 66.6 Å². The minimum absolute atomic E-state index is 0.0160. The molecule has 2 aromatic heterocycles. The Morgan fingerprint density at radius 2 is 1.00 bits per heavy atom. The maximum Gasteiger partial charge on any atom is 0.247 e. The van der Waals surface area contributed by atoms with E-state index in [9.17, 15) is 0 Å². The van der Waals surface area contributed by atoms with Crippen LogP contribution in [0.3, 0.4) is 0 Å².